The molecule has 3 rings (SSSR count). The highest BCUT2D eigenvalue weighted by Crippen LogP contribution is 2.28. The summed E-state index contributed by atoms with van der Waals surface area (Å²) < 4.78 is 12.2. The predicted octanol–water partition coefficient (Wildman–Crippen LogP) is 4.33. The van der Waals surface area contributed by atoms with Gasteiger partial charge in [-0.15, -0.1) is 0 Å². The molecule has 0 aliphatic carbocycles. The predicted molar refractivity (Wildman–Crippen MR) is 124 cm³/mol. The average Bonchev–Trinajstić information content (AvgIpc) is 2.78. The molecule has 8 heteroatoms. The third-order valence-corrected chi connectivity index (χ3v) is 5.92. The number of amides is 1. The maximum Gasteiger partial charge on any atom is 0.262 e. The maximum absolute atomic E-state index is 13.0. The number of fused-ring (bicyclic) bond motifs is 1. The van der Waals surface area contributed by atoms with E-state index in [1.54, 1.807) is 50.0 Å². The summed E-state index contributed by atoms with van der Waals surface area (Å²) in [6, 6.07) is 12.5. The minimum atomic E-state index is -0.474. The fourth-order valence-corrected chi connectivity index (χ4v) is 4.02. The number of hydrogen-bond donors (Lipinski definition) is 1. The van der Waals surface area contributed by atoms with Gasteiger partial charge >= 0.3 is 0 Å². The van der Waals surface area contributed by atoms with Gasteiger partial charge in [-0.2, -0.15) is 0 Å². The van der Waals surface area contributed by atoms with Crippen LogP contribution in [0.5, 0.6) is 11.5 Å². The molecule has 1 aromatic heterocycles. The zero-order valence-corrected chi connectivity index (χ0v) is 19.0. The lowest BCUT2D eigenvalue weighted by Gasteiger charge is -2.17. The molecule has 0 aliphatic heterocycles. The fourth-order valence-electron chi connectivity index (χ4n) is 3.09. The number of nitrogens with zero attached hydrogens (tertiary/aromatic N) is 2. The Morgan fingerprint density at radius 3 is 2.48 bits per heavy atom. The van der Waals surface area contributed by atoms with Gasteiger partial charge in [-0.1, -0.05) is 37.2 Å². The second-order valence-electron chi connectivity index (χ2n) is 7.07. The van der Waals surface area contributed by atoms with Crippen LogP contribution in [-0.4, -0.2) is 34.9 Å². The number of carbonyl (C=O) groups is 1. The number of anilines is 1. The van der Waals surface area contributed by atoms with Crippen LogP contribution >= 0.6 is 11.8 Å². The molecule has 164 valence electrons. The van der Waals surface area contributed by atoms with E-state index in [1.807, 2.05) is 18.2 Å². The summed E-state index contributed by atoms with van der Waals surface area (Å²) in [6.07, 6.45) is 1.81. The van der Waals surface area contributed by atoms with Gasteiger partial charge in [0.2, 0.25) is 5.91 Å². The monoisotopic (exact) mass is 441 g/mol. The Kier molecular flexibility index (Phi) is 7.57. The Hall–Kier alpha value is -3.00. The Labute approximate surface area is 185 Å². The highest BCUT2D eigenvalue weighted by molar-refractivity contribution is 8.00. The van der Waals surface area contributed by atoms with Crippen molar-refractivity contribution in [2.45, 2.75) is 43.6 Å². The zero-order valence-electron chi connectivity index (χ0n) is 18.2. The van der Waals surface area contributed by atoms with E-state index in [2.05, 4.69) is 17.2 Å². The molecular weight excluding hydrogens is 414 g/mol. The van der Waals surface area contributed by atoms with Crippen molar-refractivity contribution in [3.8, 4) is 11.5 Å². The van der Waals surface area contributed by atoms with Crippen molar-refractivity contribution in [3.63, 3.8) is 0 Å². The summed E-state index contributed by atoms with van der Waals surface area (Å²) in [5, 5.41) is 3.55. The second-order valence-corrected chi connectivity index (χ2v) is 8.38. The minimum Gasteiger partial charge on any atom is -0.497 e. The van der Waals surface area contributed by atoms with Crippen LogP contribution in [-0.2, 0) is 11.3 Å². The Balaban J connectivity index is 1.86. The van der Waals surface area contributed by atoms with Crippen molar-refractivity contribution >= 4 is 34.3 Å². The number of ether oxygens (including phenoxy) is 2. The number of para-hydroxylation sites is 1. The molecule has 1 unspecified atom stereocenters. The molecule has 1 N–H and O–H groups in total. The molecule has 0 bridgehead atoms. The highest BCUT2D eigenvalue weighted by Gasteiger charge is 2.20. The number of hydrogen-bond acceptors (Lipinski definition) is 6. The highest BCUT2D eigenvalue weighted by atomic mass is 32.2. The first-order chi connectivity index (χ1) is 15.0. The number of carbonyl (C=O) groups excluding carboxylic acids is 1. The van der Waals surface area contributed by atoms with Crippen LogP contribution in [0.1, 0.15) is 26.7 Å². The van der Waals surface area contributed by atoms with Crippen LogP contribution in [0.15, 0.2) is 52.4 Å². The fraction of sp³-hybridized carbons (Fsp3) is 0.348. The summed E-state index contributed by atoms with van der Waals surface area (Å²) in [6.45, 7) is 4.44. The van der Waals surface area contributed by atoms with Crippen LogP contribution < -0.4 is 20.3 Å². The van der Waals surface area contributed by atoms with Crippen LogP contribution in [0.4, 0.5) is 5.69 Å². The van der Waals surface area contributed by atoms with Gasteiger partial charge in [0.05, 0.1) is 30.4 Å². The van der Waals surface area contributed by atoms with Crippen molar-refractivity contribution < 1.29 is 14.3 Å². The van der Waals surface area contributed by atoms with Gasteiger partial charge in [0.25, 0.3) is 5.56 Å². The lowest BCUT2D eigenvalue weighted by atomic mass is 10.2. The molecule has 0 saturated carbocycles. The third-order valence-electron chi connectivity index (χ3n) is 4.83. The van der Waals surface area contributed by atoms with Gasteiger partial charge in [0.15, 0.2) is 5.16 Å². The number of thioether (sulfide) groups is 1. The van der Waals surface area contributed by atoms with E-state index < -0.39 is 5.25 Å². The molecule has 0 spiro atoms. The normalized spacial score (nSPS) is 11.9. The number of rotatable bonds is 9. The van der Waals surface area contributed by atoms with E-state index in [0.717, 1.165) is 12.8 Å². The molecule has 0 radical (unpaired) electrons. The van der Waals surface area contributed by atoms with Crippen molar-refractivity contribution in [1.82, 2.24) is 9.55 Å². The van der Waals surface area contributed by atoms with Crippen LogP contribution in [0.25, 0.3) is 10.9 Å². The third kappa shape index (κ3) is 5.38. The molecule has 2 aromatic carbocycles. The summed E-state index contributed by atoms with van der Waals surface area (Å²) in [7, 11) is 3.11. The van der Waals surface area contributed by atoms with Gasteiger partial charge < -0.3 is 14.8 Å². The minimum absolute atomic E-state index is 0.0771. The van der Waals surface area contributed by atoms with E-state index in [9.17, 15) is 9.59 Å². The van der Waals surface area contributed by atoms with Crippen LogP contribution in [0.2, 0.25) is 0 Å². The van der Waals surface area contributed by atoms with Crippen LogP contribution in [0.3, 0.4) is 0 Å². The summed E-state index contributed by atoms with van der Waals surface area (Å²) in [5.74, 6) is 0.962. The standard InChI is InChI=1S/C23H27N3O4S/c1-5-6-11-26-22(28)19-9-7-8-10-20(19)25-23(26)31-15(2)21(27)24-16-12-17(29-3)14-18(13-16)30-4/h7-10,12-15H,5-6,11H2,1-4H3,(H,24,27). The van der Waals surface area contributed by atoms with Crippen molar-refractivity contribution in [1.29, 1.82) is 0 Å². The first kappa shape index (κ1) is 22.7. The van der Waals surface area contributed by atoms with Crippen molar-refractivity contribution in [3.05, 3.63) is 52.8 Å². The Morgan fingerprint density at radius 2 is 1.84 bits per heavy atom. The topological polar surface area (TPSA) is 82.5 Å². The van der Waals surface area contributed by atoms with Crippen molar-refractivity contribution in [2.24, 2.45) is 0 Å². The molecule has 31 heavy (non-hydrogen) atoms. The van der Waals surface area contributed by atoms with E-state index in [-0.39, 0.29) is 11.5 Å². The first-order valence-corrected chi connectivity index (χ1v) is 11.0. The van der Waals surface area contributed by atoms with Crippen LogP contribution in [0, 0.1) is 0 Å². The second kappa shape index (κ2) is 10.3. The molecule has 1 heterocycles. The summed E-state index contributed by atoms with van der Waals surface area (Å²) in [5.41, 5.74) is 1.13. The molecule has 1 atom stereocenters. The number of aromatic nitrogens is 2. The lowest BCUT2D eigenvalue weighted by molar-refractivity contribution is -0.115. The number of nitrogens with one attached hydrogen (secondary N) is 1. The molecule has 1 amide bonds. The van der Waals surface area contributed by atoms with Gasteiger partial charge in [-0.25, -0.2) is 4.98 Å². The molecular formula is C23H27N3O4S. The largest absolute Gasteiger partial charge is 0.497 e. The molecule has 3 aromatic rings. The van der Waals surface area contributed by atoms with Gasteiger partial charge in [0, 0.05) is 30.4 Å². The summed E-state index contributed by atoms with van der Waals surface area (Å²) >= 11 is 1.27. The SMILES string of the molecule is CCCCn1c(SC(C)C(=O)Nc2cc(OC)cc(OC)c2)nc2ccccc2c1=O. The van der Waals surface area contributed by atoms with Gasteiger partial charge in [0.1, 0.15) is 11.5 Å². The molecule has 0 aliphatic rings. The molecule has 0 saturated heterocycles. The van der Waals surface area contributed by atoms with Crippen molar-refractivity contribution in [2.75, 3.05) is 19.5 Å². The average molecular weight is 442 g/mol. The Morgan fingerprint density at radius 1 is 1.16 bits per heavy atom. The smallest absolute Gasteiger partial charge is 0.262 e. The van der Waals surface area contributed by atoms with E-state index in [0.29, 0.717) is 39.8 Å². The number of benzene rings is 2. The number of unbranched alkanes of at least 4 members (excludes halogenated alkanes) is 1. The maximum atomic E-state index is 13.0. The van der Waals surface area contributed by atoms with Gasteiger partial charge in [-0.05, 0) is 25.5 Å². The number of methoxy groups -OCH3 is 2. The molecule has 0 fully saturated rings. The Bertz CT molecular complexity index is 1110. The van der Waals surface area contributed by atoms with Gasteiger partial charge in [-0.3, -0.25) is 14.2 Å². The van der Waals surface area contributed by atoms with E-state index >= 15 is 0 Å². The molecule has 7 nitrogen and oxygen atoms in total. The lowest BCUT2D eigenvalue weighted by Crippen LogP contribution is -2.27. The zero-order chi connectivity index (χ0) is 22.4. The van der Waals surface area contributed by atoms with E-state index in [1.165, 1.54) is 11.8 Å². The quantitative estimate of drug-likeness (QED) is 0.393. The first-order valence-electron chi connectivity index (χ1n) is 10.2. The summed E-state index contributed by atoms with van der Waals surface area (Å²) in [4.78, 5) is 30.6. The van der Waals surface area contributed by atoms with E-state index in [4.69, 9.17) is 9.47 Å².